The van der Waals surface area contributed by atoms with Gasteiger partial charge in [0.15, 0.2) is 23.0 Å². The van der Waals surface area contributed by atoms with Crippen LogP contribution >= 0.6 is 0 Å². The zero-order valence-corrected chi connectivity index (χ0v) is 17.0. The van der Waals surface area contributed by atoms with Crippen LogP contribution < -0.4 is 5.56 Å². The molecule has 3 atom stereocenters. The Morgan fingerprint density at radius 3 is 2.59 bits per heavy atom. The third-order valence-corrected chi connectivity index (χ3v) is 6.02. The molecule has 3 aromatic heterocycles. The number of benzene rings is 1. The van der Waals surface area contributed by atoms with Gasteiger partial charge in [-0.2, -0.15) is 10.4 Å². The number of nitrogens with one attached hydrogen (secondary N) is 1. The molecular formula is C22H17F2N7O. The van der Waals surface area contributed by atoms with Crippen LogP contribution in [-0.2, 0) is 0 Å². The summed E-state index contributed by atoms with van der Waals surface area (Å²) < 4.78 is 28.6. The first-order valence-electron chi connectivity index (χ1n) is 10.1. The normalized spacial score (nSPS) is 18.8. The van der Waals surface area contributed by atoms with Crippen molar-refractivity contribution in [3.05, 3.63) is 81.6 Å². The highest BCUT2D eigenvalue weighted by Crippen LogP contribution is 2.46. The van der Waals surface area contributed by atoms with Crippen molar-refractivity contribution in [2.75, 3.05) is 0 Å². The van der Waals surface area contributed by atoms with Gasteiger partial charge in [0.2, 0.25) is 0 Å². The van der Waals surface area contributed by atoms with Crippen molar-refractivity contribution in [3.8, 4) is 6.07 Å². The average molecular weight is 433 g/mol. The third kappa shape index (κ3) is 3.13. The molecule has 1 unspecified atom stereocenters. The number of hydrogen-bond acceptors (Lipinski definition) is 6. The molecule has 0 bridgehead atoms. The fourth-order valence-electron chi connectivity index (χ4n) is 4.14. The molecule has 1 fully saturated rings. The van der Waals surface area contributed by atoms with Gasteiger partial charge in [-0.3, -0.25) is 4.79 Å². The fraction of sp³-hybridized carbons (Fsp3) is 0.273. The zero-order chi connectivity index (χ0) is 22.4. The monoisotopic (exact) mass is 433 g/mol. The maximum atomic E-state index is 13.8. The highest BCUT2D eigenvalue weighted by molar-refractivity contribution is 5.80. The molecule has 0 amide bonds. The van der Waals surface area contributed by atoms with Crippen molar-refractivity contribution in [2.24, 2.45) is 0 Å². The van der Waals surface area contributed by atoms with Crippen LogP contribution in [0.1, 0.15) is 60.5 Å². The number of halogens is 2. The topological polar surface area (TPSA) is 113 Å². The highest BCUT2D eigenvalue weighted by atomic mass is 19.2. The standard InChI is InChI=1S/C22H17F2N7O/c1-11(12-3-6-15(23)16(24)9-12)31-21-18(17(10-25)30-31)22(32)29-20(28-21)14-5-4-13(14)19-26-7-2-8-27-19/h2-3,6-9,11,13-14H,4-5H2,1H3,(H,28,29,32)/t11?,13-,14-/m1/s1. The van der Waals surface area contributed by atoms with Gasteiger partial charge in [-0.1, -0.05) is 6.07 Å². The third-order valence-electron chi connectivity index (χ3n) is 6.02. The summed E-state index contributed by atoms with van der Waals surface area (Å²) in [5.74, 6) is -0.852. The molecule has 1 saturated carbocycles. The molecule has 1 aromatic carbocycles. The molecule has 32 heavy (non-hydrogen) atoms. The predicted molar refractivity (Wildman–Crippen MR) is 110 cm³/mol. The molecule has 160 valence electrons. The Labute approximate surface area is 180 Å². The maximum absolute atomic E-state index is 13.8. The second-order valence-electron chi connectivity index (χ2n) is 7.80. The van der Waals surface area contributed by atoms with Crippen molar-refractivity contribution in [2.45, 2.75) is 37.6 Å². The summed E-state index contributed by atoms with van der Waals surface area (Å²) in [6.45, 7) is 1.72. The Kier molecular flexibility index (Phi) is 4.74. The summed E-state index contributed by atoms with van der Waals surface area (Å²) in [6, 6.07) is 6.61. The summed E-state index contributed by atoms with van der Waals surface area (Å²) in [7, 11) is 0. The van der Waals surface area contributed by atoms with Gasteiger partial charge in [-0.25, -0.2) is 28.4 Å². The molecule has 3 heterocycles. The number of hydrogen-bond donors (Lipinski definition) is 1. The second-order valence-corrected chi connectivity index (χ2v) is 7.80. The first kappa shape index (κ1) is 19.9. The number of aromatic nitrogens is 6. The van der Waals surface area contributed by atoms with Crippen LogP contribution in [-0.4, -0.2) is 29.7 Å². The van der Waals surface area contributed by atoms with Gasteiger partial charge in [0.25, 0.3) is 5.56 Å². The van der Waals surface area contributed by atoms with Gasteiger partial charge >= 0.3 is 0 Å². The molecule has 10 heteroatoms. The molecule has 4 aromatic rings. The van der Waals surface area contributed by atoms with Gasteiger partial charge < -0.3 is 4.98 Å². The Morgan fingerprint density at radius 1 is 1.19 bits per heavy atom. The summed E-state index contributed by atoms with van der Waals surface area (Å²) in [5, 5.41) is 13.8. The zero-order valence-electron chi connectivity index (χ0n) is 17.0. The Bertz CT molecular complexity index is 1420. The van der Waals surface area contributed by atoms with Crippen LogP contribution in [0.3, 0.4) is 0 Å². The largest absolute Gasteiger partial charge is 0.310 e. The van der Waals surface area contributed by atoms with Crippen molar-refractivity contribution in [1.29, 1.82) is 5.26 Å². The van der Waals surface area contributed by atoms with Gasteiger partial charge in [0.05, 0.1) is 6.04 Å². The molecule has 8 nitrogen and oxygen atoms in total. The van der Waals surface area contributed by atoms with E-state index in [0.717, 1.165) is 25.0 Å². The first-order chi connectivity index (χ1) is 15.5. The molecule has 5 rings (SSSR count). The molecule has 0 saturated heterocycles. The molecule has 0 aliphatic heterocycles. The van der Waals surface area contributed by atoms with Crippen molar-refractivity contribution in [1.82, 2.24) is 29.7 Å². The van der Waals surface area contributed by atoms with Crippen LogP contribution in [0.4, 0.5) is 8.78 Å². The minimum atomic E-state index is -0.988. The Hall–Kier alpha value is -4.00. The van der Waals surface area contributed by atoms with Crippen LogP contribution in [0.15, 0.2) is 41.5 Å². The summed E-state index contributed by atoms with van der Waals surface area (Å²) in [6.07, 6.45) is 5.02. The van der Waals surface area contributed by atoms with E-state index in [-0.39, 0.29) is 28.6 Å². The van der Waals surface area contributed by atoms with Gasteiger partial charge in [-0.05, 0) is 43.5 Å². The molecule has 0 spiro atoms. The van der Waals surface area contributed by atoms with Crippen LogP contribution in [0, 0.1) is 23.0 Å². The molecule has 1 N–H and O–H groups in total. The molecular weight excluding hydrogens is 416 g/mol. The van der Waals surface area contributed by atoms with E-state index in [9.17, 15) is 18.8 Å². The fourth-order valence-corrected chi connectivity index (χ4v) is 4.14. The van der Waals surface area contributed by atoms with E-state index < -0.39 is 23.2 Å². The van der Waals surface area contributed by atoms with Gasteiger partial charge in [0, 0.05) is 24.2 Å². The summed E-state index contributed by atoms with van der Waals surface area (Å²) in [5.41, 5.74) is 0.106. The van der Waals surface area contributed by atoms with Crippen LogP contribution in [0.2, 0.25) is 0 Å². The van der Waals surface area contributed by atoms with E-state index in [0.29, 0.717) is 17.2 Å². The maximum Gasteiger partial charge on any atom is 0.263 e. The number of nitriles is 1. The number of aromatic amines is 1. The second kappa shape index (κ2) is 7.60. The SMILES string of the molecule is CC(c1ccc(F)c(F)c1)n1nc(C#N)c2c(=O)[nH]c([C@@H]3CC[C@H]3c3ncccn3)nc21. The lowest BCUT2D eigenvalue weighted by atomic mass is 9.72. The van der Waals surface area contributed by atoms with Gasteiger partial charge in [-0.15, -0.1) is 0 Å². The smallest absolute Gasteiger partial charge is 0.263 e. The lowest BCUT2D eigenvalue weighted by Crippen LogP contribution is -2.28. The lowest BCUT2D eigenvalue weighted by molar-refractivity contribution is 0.319. The summed E-state index contributed by atoms with van der Waals surface area (Å²) in [4.78, 5) is 29.0. The Balaban J connectivity index is 1.62. The molecule has 0 radical (unpaired) electrons. The number of H-pyrrole nitrogens is 1. The number of fused-ring (bicyclic) bond motifs is 1. The highest BCUT2D eigenvalue weighted by Gasteiger charge is 2.37. The van der Waals surface area contributed by atoms with Crippen LogP contribution in [0.25, 0.3) is 11.0 Å². The van der Waals surface area contributed by atoms with Crippen molar-refractivity contribution < 1.29 is 8.78 Å². The minimum absolute atomic E-state index is 0.0206. The lowest BCUT2D eigenvalue weighted by Gasteiger charge is -2.34. The van der Waals surface area contributed by atoms with E-state index >= 15 is 0 Å². The Morgan fingerprint density at radius 2 is 1.94 bits per heavy atom. The number of rotatable bonds is 4. The predicted octanol–water partition coefficient (Wildman–Crippen LogP) is 3.33. The van der Waals surface area contributed by atoms with E-state index in [1.54, 1.807) is 25.4 Å². The quantitative estimate of drug-likeness (QED) is 0.528. The summed E-state index contributed by atoms with van der Waals surface area (Å²) >= 11 is 0. The van der Waals surface area contributed by atoms with Crippen molar-refractivity contribution in [3.63, 3.8) is 0 Å². The molecule has 1 aliphatic rings. The van der Waals surface area contributed by atoms with Crippen LogP contribution in [0.5, 0.6) is 0 Å². The number of nitrogens with zero attached hydrogens (tertiary/aromatic N) is 6. The van der Waals surface area contributed by atoms with Gasteiger partial charge in [0.1, 0.15) is 23.1 Å². The molecule has 1 aliphatic carbocycles. The van der Waals surface area contributed by atoms with E-state index in [1.165, 1.54) is 10.7 Å². The average Bonchev–Trinajstić information content (AvgIpc) is 3.14. The van der Waals surface area contributed by atoms with Crippen molar-refractivity contribution >= 4 is 11.0 Å². The first-order valence-corrected chi connectivity index (χ1v) is 10.1. The van der Waals surface area contributed by atoms with E-state index in [2.05, 4.69) is 25.0 Å². The minimum Gasteiger partial charge on any atom is -0.310 e. The van der Waals surface area contributed by atoms with E-state index in [4.69, 9.17) is 0 Å². The van der Waals surface area contributed by atoms with E-state index in [1.807, 2.05) is 6.07 Å².